The van der Waals surface area contributed by atoms with Gasteiger partial charge in [-0.15, -0.1) is 0 Å². The first-order valence-corrected chi connectivity index (χ1v) is 10.7. The third kappa shape index (κ3) is 4.42. The van der Waals surface area contributed by atoms with Crippen LogP contribution < -0.4 is 5.32 Å². The fraction of sp³-hybridized carbons (Fsp3) is 0.435. The predicted molar refractivity (Wildman–Crippen MR) is 116 cm³/mol. The second kappa shape index (κ2) is 8.83. The number of aromatic nitrogens is 2. The van der Waals surface area contributed by atoms with Gasteiger partial charge in [0.1, 0.15) is 25.0 Å². The van der Waals surface area contributed by atoms with Gasteiger partial charge in [-0.05, 0) is 70.4 Å². The Hall–Kier alpha value is -3.29. The Morgan fingerprint density at radius 1 is 1.06 bits per heavy atom. The number of piperidine rings is 1. The molecule has 164 valence electrons. The molecule has 0 radical (unpaired) electrons. The maximum Gasteiger partial charge on any atom is 0.293 e. The first kappa shape index (κ1) is 21.0. The van der Waals surface area contributed by atoms with Crippen molar-refractivity contribution in [2.24, 2.45) is 0 Å². The molecule has 1 unspecified atom stereocenters. The number of rotatable bonds is 4. The van der Waals surface area contributed by atoms with Crippen LogP contribution in [0, 0.1) is 13.8 Å². The zero-order valence-corrected chi connectivity index (χ0v) is 18.2. The molecule has 0 saturated carbocycles. The Kier molecular flexibility index (Phi) is 5.97. The van der Waals surface area contributed by atoms with Gasteiger partial charge in [-0.25, -0.2) is 4.68 Å². The van der Waals surface area contributed by atoms with E-state index in [0.29, 0.717) is 37.6 Å². The molecule has 31 heavy (non-hydrogen) atoms. The van der Waals surface area contributed by atoms with Crippen LogP contribution in [0.3, 0.4) is 0 Å². The maximum absolute atomic E-state index is 13.0. The molecule has 1 aromatic carbocycles. The predicted octanol–water partition coefficient (Wildman–Crippen LogP) is 3.09. The minimum absolute atomic E-state index is 0.193. The average Bonchev–Trinajstić information content (AvgIpc) is 3.12. The van der Waals surface area contributed by atoms with Gasteiger partial charge >= 0.3 is 0 Å². The smallest absolute Gasteiger partial charge is 0.293 e. The van der Waals surface area contributed by atoms with Crippen molar-refractivity contribution in [2.75, 3.05) is 25.1 Å². The summed E-state index contributed by atoms with van der Waals surface area (Å²) in [6, 6.07) is 9.01. The molecule has 0 bridgehead atoms. The highest BCUT2D eigenvalue weighted by molar-refractivity contribution is 6.00. The van der Waals surface area contributed by atoms with Crippen molar-refractivity contribution < 1.29 is 19.1 Å². The molecule has 2 aromatic rings. The molecule has 0 spiro atoms. The summed E-state index contributed by atoms with van der Waals surface area (Å²) in [5, 5.41) is 7.44. The fourth-order valence-corrected chi connectivity index (χ4v) is 4.10. The molecular formula is C23H28N4O4. The minimum atomic E-state index is -0.539. The Labute approximate surface area is 181 Å². The molecule has 0 aliphatic carbocycles. The fourth-order valence-electron chi connectivity index (χ4n) is 4.10. The number of amides is 2. The highest BCUT2D eigenvalue weighted by Crippen LogP contribution is 2.24. The van der Waals surface area contributed by atoms with Crippen molar-refractivity contribution in [3.63, 3.8) is 0 Å². The third-order valence-electron chi connectivity index (χ3n) is 5.62. The number of hydrogen-bond acceptors (Lipinski definition) is 5. The summed E-state index contributed by atoms with van der Waals surface area (Å²) in [7, 11) is 0. The Bertz CT molecular complexity index is 1010. The van der Waals surface area contributed by atoms with Crippen LogP contribution >= 0.6 is 0 Å². The van der Waals surface area contributed by atoms with Gasteiger partial charge in [0.05, 0.1) is 11.4 Å². The van der Waals surface area contributed by atoms with Gasteiger partial charge in [0.15, 0.2) is 0 Å². The number of nitrogens with zero attached hydrogens (tertiary/aromatic N) is 3. The first-order valence-electron chi connectivity index (χ1n) is 10.7. The number of carbonyl (C=O) groups excluding carboxylic acids is 2. The van der Waals surface area contributed by atoms with E-state index in [1.807, 2.05) is 48.9 Å². The van der Waals surface area contributed by atoms with Crippen molar-refractivity contribution in [3.05, 3.63) is 53.2 Å². The molecule has 2 aliphatic heterocycles. The molecule has 8 heteroatoms. The molecule has 8 nitrogen and oxygen atoms in total. The highest BCUT2D eigenvalue weighted by Gasteiger charge is 2.36. The van der Waals surface area contributed by atoms with Gasteiger partial charge in [0.2, 0.25) is 11.7 Å². The number of allylic oxidation sites excluding steroid dienone is 1. The first-order chi connectivity index (χ1) is 14.9. The summed E-state index contributed by atoms with van der Waals surface area (Å²) in [5.41, 5.74) is 3.61. The lowest BCUT2D eigenvalue weighted by Gasteiger charge is -2.35. The Balaban J connectivity index is 1.47. The number of anilines is 1. The Morgan fingerprint density at radius 2 is 1.81 bits per heavy atom. The van der Waals surface area contributed by atoms with E-state index in [-0.39, 0.29) is 17.6 Å². The molecular weight excluding hydrogens is 396 g/mol. The number of likely N-dealkylation sites (tertiary alicyclic amines) is 1. The lowest BCUT2D eigenvalue weighted by molar-refractivity contribution is -0.141. The number of benzene rings is 1. The van der Waals surface area contributed by atoms with E-state index >= 15 is 0 Å². The van der Waals surface area contributed by atoms with Crippen molar-refractivity contribution in [2.45, 2.75) is 46.1 Å². The molecule has 3 heterocycles. The molecule has 4 rings (SSSR count). The van der Waals surface area contributed by atoms with Crippen molar-refractivity contribution >= 4 is 17.5 Å². The molecule has 2 amide bonds. The van der Waals surface area contributed by atoms with E-state index in [2.05, 4.69) is 10.4 Å². The second-order valence-electron chi connectivity index (χ2n) is 7.97. The number of ether oxygens (including phenoxy) is 2. The Morgan fingerprint density at radius 3 is 2.48 bits per heavy atom. The van der Waals surface area contributed by atoms with Gasteiger partial charge in [-0.2, -0.15) is 5.10 Å². The summed E-state index contributed by atoms with van der Waals surface area (Å²) in [6.45, 7) is 6.97. The summed E-state index contributed by atoms with van der Waals surface area (Å²) in [4.78, 5) is 27.7. The topological polar surface area (TPSA) is 85.7 Å². The normalized spacial score (nSPS) is 18.9. The van der Waals surface area contributed by atoms with Crippen molar-refractivity contribution in [1.29, 1.82) is 0 Å². The zero-order valence-electron chi connectivity index (χ0n) is 18.2. The van der Waals surface area contributed by atoms with Crippen LogP contribution in [0.2, 0.25) is 0 Å². The van der Waals surface area contributed by atoms with Gasteiger partial charge in [0, 0.05) is 17.9 Å². The number of aryl methyl sites for hydroxylation is 2. The molecule has 1 atom stereocenters. The van der Waals surface area contributed by atoms with Crippen LogP contribution in [0.1, 0.15) is 37.6 Å². The summed E-state index contributed by atoms with van der Waals surface area (Å²) in [5.74, 6) is 0.208. The summed E-state index contributed by atoms with van der Waals surface area (Å²) in [6.07, 6.45) is 2.38. The van der Waals surface area contributed by atoms with Crippen molar-refractivity contribution in [1.82, 2.24) is 14.7 Å². The van der Waals surface area contributed by atoms with Crippen LogP contribution in [0.25, 0.3) is 5.69 Å². The van der Waals surface area contributed by atoms with Crippen LogP contribution in [-0.4, -0.2) is 52.3 Å². The minimum Gasteiger partial charge on any atom is -0.491 e. The van der Waals surface area contributed by atoms with Crippen LogP contribution in [0.4, 0.5) is 5.69 Å². The molecule has 1 saturated heterocycles. The van der Waals surface area contributed by atoms with Crippen LogP contribution in [0.15, 0.2) is 41.9 Å². The highest BCUT2D eigenvalue weighted by atomic mass is 16.6. The number of carbonyl (C=O) groups is 2. The van der Waals surface area contributed by atoms with Gasteiger partial charge in [-0.1, -0.05) is 0 Å². The lowest BCUT2D eigenvalue weighted by atomic mass is 10.0. The standard InChI is InChI=1S/C23H28N4O4/c1-15-14-16(2)27(25-15)19-9-7-18(8-10-19)24-22(28)20-6-4-5-11-26(20)23(29)21-17(3)30-12-13-31-21/h7-10,14,20H,4-6,11-13H2,1-3H3,(H,24,28). The summed E-state index contributed by atoms with van der Waals surface area (Å²) >= 11 is 0. The van der Waals surface area contributed by atoms with Gasteiger partial charge in [0.25, 0.3) is 5.91 Å². The third-order valence-corrected chi connectivity index (χ3v) is 5.62. The van der Waals surface area contributed by atoms with Gasteiger partial charge in [-0.3, -0.25) is 9.59 Å². The SMILES string of the molecule is CC1=C(C(=O)N2CCCCC2C(=O)Nc2ccc(-n3nc(C)cc3C)cc2)OCCO1. The summed E-state index contributed by atoms with van der Waals surface area (Å²) < 4.78 is 12.9. The lowest BCUT2D eigenvalue weighted by Crippen LogP contribution is -2.51. The number of hydrogen-bond donors (Lipinski definition) is 1. The van der Waals surface area contributed by atoms with E-state index in [9.17, 15) is 9.59 Å². The van der Waals surface area contributed by atoms with E-state index < -0.39 is 6.04 Å². The molecule has 1 N–H and O–H groups in total. The van der Waals surface area contributed by atoms with Crippen LogP contribution in [-0.2, 0) is 19.1 Å². The van der Waals surface area contributed by atoms with E-state index in [1.165, 1.54) is 0 Å². The van der Waals surface area contributed by atoms with E-state index in [1.54, 1.807) is 11.8 Å². The molecule has 1 fully saturated rings. The van der Waals surface area contributed by atoms with E-state index in [4.69, 9.17) is 9.47 Å². The average molecular weight is 425 g/mol. The van der Waals surface area contributed by atoms with Gasteiger partial charge < -0.3 is 19.7 Å². The van der Waals surface area contributed by atoms with Crippen molar-refractivity contribution in [3.8, 4) is 5.69 Å². The second-order valence-corrected chi connectivity index (χ2v) is 7.97. The maximum atomic E-state index is 13.0. The monoisotopic (exact) mass is 424 g/mol. The molecule has 1 aromatic heterocycles. The van der Waals surface area contributed by atoms with E-state index in [0.717, 1.165) is 29.9 Å². The largest absolute Gasteiger partial charge is 0.491 e. The zero-order chi connectivity index (χ0) is 22.0. The quantitative estimate of drug-likeness (QED) is 0.815. The van der Waals surface area contributed by atoms with Crippen LogP contribution in [0.5, 0.6) is 0 Å². The number of nitrogens with one attached hydrogen (secondary N) is 1. The molecule has 2 aliphatic rings.